The van der Waals surface area contributed by atoms with Gasteiger partial charge in [-0.25, -0.2) is 4.98 Å². The first-order valence-corrected chi connectivity index (χ1v) is 8.07. The van der Waals surface area contributed by atoms with Crippen molar-refractivity contribution in [2.75, 3.05) is 17.2 Å². The number of anilines is 2. The number of carbonyl (C=O) groups excluding carboxylic acids is 1. The van der Waals surface area contributed by atoms with Gasteiger partial charge in [0, 0.05) is 17.5 Å². The van der Waals surface area contributed by atoms with Crippen molar-refractivity contribution < 1.29 is 4.79 Å². The molecule has 2 aliphatic rings. The highest BCUT2D eigenvalue weighted by Gasteiger charge is 2.46. The van der Waals surface area contributed by atoms with Crippen LogP contribution in [0.3, 0.4) is 0 Å². The van der Waals surface area contributed by atoms with E-state index in [9.17, 15) is 4.79 Å². The zero-order valence-corrected chi connectivity index (χ0v) is 13.0. The molecule has 2 aromatic rings. The third kappa shape index (κ3) is 1.67. The van der Waals surface area contributed by atoms with E-state index in [0.29, 0.717) is 5.13 Å². The van der Waals surface area contributed by atoms with Crippen LogP contribution in [0.5, 0.6) is 0 Å². The van der Waals surface area contributed by atoms with E-state index in [1.54, 1.807) is 0 Å². The van der Waals surface area contributed by atoms with E-state index in [1.165, 1.54) is 16.9 Å². The summed E-state index contributed by atoms with van der Waals surface area (Å²) in [6, 6.07) is 4.30. The second-order valence-corrected chi connectivity index (χ2v) is 7.18. The molecule has 0 atom stereocenters. The third-order valence-electron chi connectivity index (χ3n) is 4.56. The van der Waals surface area contributed by atoms with Crippen LogP contribution >= 0.6 is 11.3 Å². The molecule has 0 saturated carbocycles. The predicted octanol–water partition coefficient (Wildman–Crippen LogP) is 2.96. The standard InChI is InChI=1S/C16H17N3OS/c1-16(2)11-7-10(12-8-21-15(17)18-12)6-9-4-3-5-19(13(9)11)14(16)20/h6-8H,3-5H2,1-2H3,(H2,17,18). The second kappa shape index (κ2) is 4.07. The lowest BCUT2D eigenvalue weighted by Crippen LogP contribution is -2.38. The Labute approximate surface area is 127 Å². The van der Waals surface area contributed by atoms with E-state index >= 15 is 0 Å². The molecule has 1 amide bonds. The van der Waals surface area contributed by atoms with E-state index in [4.69, 9.17) is 5.73 Å². The molecule has 1 aromatic heterocycles. The van der Waals surface area contributed by atoms with Gasteiger partial charge in [0.25, 0.3) is 0 Å². The number of aromatic nitrogens is 1. The van der Waals surface area contributed by atoms with E-state index in [2.05, 4.69) is 17.1 Å². The summed E-state index contributed by atoms with van der Waals surface area (Å²) in [6.07, 6.45) is 2.05. The summed E-state index contributed by atoms with van der Waals surface area (Å²) in [4.78, 5) is 19.0. The van der Waals surface area contributed by atoms with Crippen molar-refractivity contribution in [3.05, 3.63) is 28.6 Å². The third-order valence-corrected chi connectivity index (χ3v) is 5.23. The molecule has 4 rings (SSSR count). The Morgan fingerprint density at radius 2 is 2.19 bits per heavy atom. The van der Waals surface area contributed by atoms with Crippen molar-refractivity contribution in [2.24, 2.45) is 0 Å². The van der Waals surface area contributed by atoms with Crippen molar-refractivity contribution in [3.8, 4) is 11.3 Å². The number of aryl methyl sites for hydroxylation is 1. The zero-order valence-electron chi connectivity index (χ0n) is 12.1. The molecule has 1 aromatic carbocycles. The molecule has 0 bridgehead atoms. The molecule has 0 aliphatic carbocycles. The van der Waals surface area contributed by atoms with Crippen molar-refractivity contribution in [3.63, 3.8) is 0 Å². The highest BCUT2D eigenvalue weighted by molar-refractivity contribution is 7.13. The Balaban J connectivity index is 1.97. The van der Waals surface area contributed by atoms with E-state index in [1.807, 2.05) is 24.1 Å². The van der Waals surface area contributed by atoms with Crippen LogP contribution in [0, 0.1) is 0 Å². The van der Waals surface area contributed by atoms with E-state index < -0.39 is 5.41 Å². The van der Waals surface area contributed by atoms with Gasteiger partial charge < -0.3 is 10.6 Å². The number of carbonyl (C=O) groups is 1. The summed E-state index contributed by atoms with van der Waals surface area (Å²) < 4.78 is 0. The fourth-order valence-electron chi connectivity index (χ4n) is 3.44. The second-order valence-electron chi connectivity index (χ2n) is 6.29. The zero-order chi connectivity index (χ0) is 14.8. The first-order chi connectivity index (χ1) is 9.98. The maximum atomic E-state index is 12.6. The first kappa shape index (κ1) is 12.8. The van der Waals surface area contributed by atoms with E-state index in [0.717, 1.165) is 41.9 Å². The Hall–Kier alpha value is -1.88. The minimum atomic E-state index is -0.452. The SMILES string of the molecule is CC1(C)C(=O)N2CCCc3cc(-c4csc(N)n4)cc1c32. The summed E-state index contributed by atoms with van der Waals surface area (Å²) in [5.74, 6) is 0.216. The molecule has 108 valence electrons. The lowest BCUT2D eigenvalue weighted by molar-refractivity contribution is -0.122. The molecule has 0 fully saturated rings. The van der Waals surface area contributed by atoms with Crippen LogP contribution in [0.4, 0.5) is 10.8 Å². The largest absolute Gasteiger partial charge is 0.375 e. The number of nitrogens with zero attached hydrogens (tertiary/aromatic N) is 2. The average molecular weight is 299 g/mol. The normalized spacial score (nSPS) is 19.0. The van der Waals surface area contributed by atoms with Gasteiger partial charge in [0.1, 0.15) is 0 Å². The molecular formula is C16H17N3OS. The van der Waals surface area contributed by atoms with Gasteiger partial charge in [-0.15, -0.1) is 11.3 Å². The van der Waals surface area contributed by atoms with Gasteiger partial charge >= 0.3 is 0 Å². The molecular weight excluding hydrogens is 282 g/mol. The van der Waals surface area contributed by atoms with Gasteiger partial charge in [0.2, 0.25) is 5.91 Å². The first-order valence-electron chi connectivity index (χ1n) is 7.19. The van der Waals surface area contributed by atoms with Gasteiger partial charge in [0.15, 0.2) is 5.13 Å². The number of nitrogens with two attached hydrogens (primary N) is 1. The van der Waals surface area contributed by atoms with Gasteiger partial charge in [0.05, 0.1) is 16.8 Å². The van der Waals surface area contributed by atoms with Gasteiger partial charge in [-0.1, -0.05) is 0 Å². The van der Waals surface area contributed by atoms with Crippen molar-refractivity contribution in [2.45, 2.75) is 32.1 Å². The molecule has 0 unspecified atom stereocenters. The number of rotatable bonds is 1. The molecule has 0 spiro atoms. The van der Waals surface area contributed by atoms with Crippen LogP contribution in [-0.2, 0) is 16.6 Å². The summed E-state index contributed by atoms with van der Waals surface area (Å²) in [7, 11) is 0. The molecule has 0 radical (unpaired) electrons. The maximum absolute atomic E-state index is 12.6. The minimum Gasteiger partial charge on any atom is -0.375 e. The van der Waals surface area contributed by atoms with Crippen LogP contribution in [0.1, 0.15) is 31.4 Å². The lowest BCUT2D eigenvalue weighted by atomic mass is 9.83. The van der Waals surface area contributed by atoms with Gasteiger partial charge in [-0.05, 0) is 49.9 Å². The maximum Gasteiger partial charge on any atom is 0.237 e. The summed E-state index contributed by atoms with van der Waals surface area (Å²) in [5.41, 5.74) is 10.8. The fraction of sp³-hybridized carbons (Fsp3) is 0.375. The fourth-order valence-corrected chi connectivity index (χ4v) is 4.02. The monoisotopic (exact) mass is 299 g/mol. The number of hydrogen-bond acceptors (Lipinski definition) is 4. The van der Waals surface area contributed by atoms with Gasteiger partial charge in [-0.3, -0.25) is 4.79 Å². The van der Waals surface area contributed by atoms with Crippen molar-refractivity contribution in [1.29, 1.82) is 0 Å². The van der Waals surface area contributed by atoms with Crippen LogP contribution < -0.4 is 10.6 Å². The molecule has 21 heavy (non-hydrogen) atoms. The molecule has 2 N–H and O–H groups in total. The Morgan fingerprint density at radius 1 is 1.38 bits per heavy atom. The molecule has 2 aliphatic heterocycles. The van der Waals surface area contributed by atoms with E-state index in [-0.39, 0.29) is 5.91 Å². The lowest BCUT2D eigenvalue weighted by Gasteiger charge is -2.26. The molecule has 5 heteroatoms. The Morgan fingerprint density at radius 3 is 2.90 bits per heavy atom. The summed E-state index contributed by atoms with van der Waals surface area (Å²) >= 11 is 1.45. The number of nitrogen functional groups attached to an aromatic ring is 1. The summed E-state index contributed by atoms with van der Waals surface area (Å²) in [6.45, 7) is 4.87. The molecule has 4 nitrogen and oxygen atoms in total. The quantitative estimate of drug-likeness (QED) is 0.880. The van der Waals surface area contributed by atoms with Crippen molar-refractivity contribution in [1.82, 2.24) is 4.98 Å². The smallest absolute Gasteiger partial charge is 0.237 e. The molecule has 3 heterocycles. The Bertz CT molecular complexity index is 763. The molecule has 0 saturated heterocycles. The number of benzene rings is 1. The number of amides is 1. The minimum absolute atomic E-state index is 0.216. The Kier molecular flexibility index (Phi) is 2.49. The van der Waals surface area contributed by atoms with Crippen LogP contribution in [-0.4, -0.2) is 17.4 Å². The summed E-state index contributed by atoms with van der Waals surface area (Å²) in [5, 5.41) is 2.56. The number of hydrogen-bond donors (Lipinski definition) is 1. The van der Waals surface area contributed by atoms with Gasteiger partial charge in [-0.2, -0.15) is 0 Å². The van der Waals surface area contributed by atoms with Crippen LogP contribution in [0.15, 0.2) is 17.5 Å². The predicted molar refractivity (Wildman–Crippen MR) is 85.7 cm³/mol. The topological polar surface area (TPSA) is 59.2 Å². The van der Waals surface area contributed by atoms with Crippen molar-refractivity contribution >= 4 is 28.1 Å². The average Bonchev–Trinajstić information content (AvgIpc) is 2.97. The highest BCUT2D eigenvalue weighted by Crippen LogP contribution is 2.47. The number of thiazole rings is 1. The highest BCUT2D eigenvalue weighted by atomic mass is 32.1. The van der Waals surface area contributed by atoms with Crippen LogP contribution in [0.2, 0.25) is 0 Å². The van der Waals surface area contributed by atoms with Crippen LogP contribution in [0.25, 0.3) is 11.3 Å².